The highest BCUT2D eigenvalue weighted by molar-refractivity contribution is 7.92. The van der Waals surface area contributed by atoms with Crippen molar-refractivity contribution in [2.45, 2.75) is 18.2 Å². The summed E-state index contributed by atoms with van der Waals surface area (Å²) in [6.45, 7) is 1.90. The average Bonchev–Trinajstić information content (AvgIpc) is 2.95. The van der Waals surface area contributed by atoms with Gasteiger partial charge in [-0.15, -0.1) is 5.10 Å². The molecule has 0 radical (unpaired) electrons. The summed E-state index contributed by atoms with van der Waals surface area (Å²) in [7, 11) is -3.68. The summed E-state index contributed by atoms with van der Waals surface area (Å²) in [6, 6.07) is 16.3. The summed E-state index contributed by atoms with van der Waals surface area (Å²) in [4.78, 5) is 4.36. The quantitative estimate of drug-likeness (QED) is 0.753. The van der Waals surface area contributed by atoms with Crippen LogP contribution < -0.4 is 4.72 Å². The van der Waals surface area contributed by atoms with Gasteiger partial charge in [0, 0.05) is 6.42 Å². The van der Waals surface area contributed by atoms with Gasteiger partial charge in [-0.2, -0.15) is 4.98 Å². The summed E-state index contributed by atoms with van der Waals surface area (Å²) in [6.07, 6.45) is 0.556. The van der Waals surface area contributed by atoms with Crippen molar-refractivity contribution < 1.29 is 8.42 Å². The predicted octanol–water partition coefficient (Wildman–Crippen LogP) is 2.50. The van der Waals surface area contributed by atoms with Crippen LogP contribution in [-0.2, 0) is 16.4 Å². The van der Waals surface area contributed by atoms with E-state index in [9.17, 15) is 8.42 Å². The molecule has 1 aromatic heterocycles. The zero-order valence-corrected chi connectivity index (χ0v) is 13.3. The van der Waals surface area contributed by atoms with Crippen molar-refractivity contribution in [2.75, 3.05) is 4.72 Å². The summed E-state index contributed by atoms with van der Waals surface area (Å²) in [5, 5.41) is 6.66. The maximum Gasteiger partial charge on any atom is 0.264 e. The van der Waals surface area contributed by atoms with Gasteiger partial charge in [0.25, 0.3) is 16.0 Å². The molecule has 0 aliphatic heterocycles. The molecule has 1 heterocycles. The lowest BCUT2D eigenvalue weighted by atomic mass is 10.1. The van der Waals surface area contributed by atoms with Crippen LogP contribution in [0.5, 0.6) is 0 Å². The van der Waals surface area contributed by atoms with Crippen LogP contribution in [0.4, 0.5) is 5.95 Å². The third kappa shape index (κ3) is 3.75. The van der Waals surface area contributed by atoms with Gasteiger partial charge in [-0.3, -0.25) is 5.10 Å². The van der Waals surface area contributed by atoms with E-state index in [-0.39, 0.29) is 10.8 Å². The number of benzene rings is 2. The number of H-pyrrole nitrogens is 1. The number of rotatable bonds is 5. The van der Waals surface area contributed by atoms with Crippen molar-refractivity contribution in [1.82, 2.24) is 15.2 Å². The zero-order chi connectivity index (χ0) is 16.3. The standard InChI is InChI=1S/C16H16N4O2S/c1-12-7-9-14(10-8-12)23(21,22)20-16-17-15(18-19-16)11-13-5-3-2-4-6-13/h2-10H,11H2,1H3,(H2,17,18,19,20). The molecule has 118 valence electrons. The third-order valence-electron chi connectivity index (χ3n) is 3.30. The Labute approximate surface area is 134 Å². The fourth-order valence-corrected chi connectivity index (χ4v) is 3.05. The number of aromatic amines is 1. The van der Waals surface area contributed by atoms with Crippen LogP contribution in [0.2, 0.25) is 0 Å². The molecule has 0 aliphatic carbocycles. The third-order valence-corrected chi connectivity index (χ3v) is 4.65. The Morgan fingerprint density at radius 3 is 2.43 bits per heavy atom. The number of hydrogen-bond acceptors (Lipinski definition) is 4. The van der Waals surface area contributed by atoms with Crippen molar-refractivity contribution in [3.8, 4) is 0 Å². The second kappa shape index (κ2) is 6.21. The van der Waals surface area contributed by atoms with E-state index >= 15 is 0 Å². The fraction of sp³-hybridized carbons (Fsp3) is 0.125. The molecule has 0 saturated heterocycles. The Morgan fingerprint density at radius 2 is 1.74 bits per heavy atom. The van der Waals surface area contributed by atoms with Crippen LogP contribution in [0.1, 0.15) is 17.0 Å². The van der Waals surface area contributed by atoms with E-state index in [0.29, 0.717) is 12.2 Å². The van der Waals surface area contributed by atoms with Crippen molar-refractivity contribution >= 4 is 16.0 Å². The largest absolute Gasteiger partial charge is 0.264 e. The Balaban J connectivity index is 1.74. The second-order valence-electron chi connectivity index (χ2n) is 5.19. The van der Waals surface area contributed by atoms with E-state index in [1.54, 1.807) is 24.3 Å². The van der Waals surface area contributed by atoms with Crippen molar-refractivity contribution in [2.24, 2.45) is 0 Å². The molecule has 0 atom stereocenters. The van der Waals surface area contributed by atoms with E-state index in [2.05, 4.69) is 19.9 Å². The van der Waals surface area contributed by atoms with E-state index in [4.69, 9.17) is 0 Å². The highest BCUT2D eigenvalue weighted by atomic mass is 32.2. The topological polar surface area (TPSA) is 87.7 Å². The second-order valence-corrected chi connectivity index (χ2v) is 6.87. The molecule has 0 fully saturated rings. The molecule has 6 nitrogen and oxygen atoms in total. The van der Waals surface area contributed by atoms with Gasteiger partial charge in [0.05, 0.1) is 4.90 Å². The Hall–Kier alpha value is -2.67. The molecule has 0 saturated carbocycles. The normalized spacial score (nSPS) is 11.3. The number of anilines is 1. The summed E-state index contributed by atoms with van der Waals surface area (Å²) >= 11 is 0. The van der Waals surface area contributed by atoms with E-state index < -0.39 is 10.0 Å². The maximum atomic E-state index is 12.3. The number of aryl methyl sites for hydroxylation is 1. The van der Waals surface area contributed by atoms with Gasteiger partial charge >= 0.3 is 0 Å². The van der Waals surface area contributed by atoms with Gasteiger partial charge in [0.1, 0.15) is 5.82 Å². The lowest BCUT2D eigenvalue weighted by Gasteiger charge is -2.04. The molecule has 0 spiro atoms. The number of nitrogens with one attached hydrogen (secondary N) is 2. The molecule has 7 heteroatoms. The van der Waals surface area contributed by atoms with Crippen LogP contribution in [0.15, 0.2) is 59.5 Å². The van der Waals surface area contributed by atoms with Gasteiger partial charge in [-0.1, -0.05) is 48.0 Å². The van der Waals surface area contributed by atoms with Crippen molar-refractivity contribution in [3.63, 3.8) is 0 Å². The SMILES string of the molecule is Cc1ccc(S(=O)(=O)Nc2n[nH]c(Cc3ccccc3)n2)cc1. The lowest BCUT2D eigenvalue weighted by Crippen LogP contribution is -2.14. The average molecular weight is 328 g/mol. The summed E-state index contributed by atoms with van der Waals surface area (Å²) in [5.74, 6) is 0.634. The minimum Gasteiger partial charge on any atom is -0.261 e. The number of hydrogen-bond donors (Lipinski definition) is 2. The van der Waals surface area contributed by atoms with Gasteiger partial charge < -0.3 is 0 Å². The van der Waals surface area contributed by atoms with Gasteiger partial charge in [-0.05, 0) is 24.6 Å². The molecule has 0 unspecified atom stereocenters. The highest BCUT2D eigenvalue weighted by Gasteiger charge is 2.16. The smallest absolute Gasteiger partial charge is 0.261 e. The zero-order valence-electron chi connectivity index (χ0n) is 12.5. The van der Waals surface area contributed by atoms with Gasteiger partial charge in [0.2, 0.25) is 0 Å². The van der Waals surface area contributed by atoms with Gasteiger partial charge in [0.15, 0.2) is 0 Å². The summed E-state index contributed by atoms with van der Waals surface area (Å²) in [5.41, 5.74) is 2.06. The Bertz CT molecular complexity index is 887. The molecule has 0 aliphatic rings. The highest BCUT2D eigenvalue weighted by Crippen LogP contribution is 2.14. The van der Waals surface area contributed by atoms with E-state index in [1.807, 2.05) is 37.3 Å². The maximum absolute atomic E-state index is 12.3. The Morgan fingerprint density at radius 1 is 1.04 bits per heavy atom. The predicted molar refractivity (Wildman–Crippen MR) is 87.6 cm³/mol. The van der Waals surface area contributed by atoms with Crippen LogP contribution in [0.25, 0.3) is 0 Å². The molecule has 0 bridgehead atoms. The summed E-state index contributed by atoms with van der Waals surface area (Å²) < 4.78 is 26.9. The van der Waals surface area contributed by atoms with Crippen LogP contribution in [0, 0.1) is 6.92 Å². The van der Waals surface area contributed by atoms with Crippen LogP contribution >= 0.6 is 0 Å². The molecule has 3 aromatic rings. The molecular formula is C16H16N4O2S. The molecule has 2 aromatic carbocycles. The first-order valence-electron chi connectivity index (χ1n) is 7.08. The lowest BCUT2D eigenvalue weighted by molar-refractivity contribution is 0.601. The molecular weight excluding hydrogens is 312 g/mol. The fourth-order valence-electron chi connectivity index (χ4n) is 2.11. The van der Waals surface area contributed by atoms with E-state index in [0.717, 1.165) is 11.1 Å². The van der Waals surface area contributed by atoms with Crippen molar-refractivity contribution in [1.29, 1.82) is 0 Å². The number of sulfonamides is 1. The molecule has 2 N–H and O–H groups in total. The number of aromatic nitrogens is 3. The van der Waals surface area contributed by atoms with Gasteiger partial charge in [-0.25, -0.2) is 13.1 Å². The minimum absolute atomic E-state index is 0.0384. The van der Waals surface area contributed by atoms with Crippen LogP contribution in [-0.4, -0.2) is 23.6 Å². The minimum atomic E-state index is -3.68. The monoisotopic (exact) mass is 328 g/mol. The first kappa shape index (κ1) is 15.2. The molecule has 23 heavy (non-hydrogen) atoms. The first-order valence-corrected chi connectivity index (χ1v) is 8.56. The van der Waals surface area contributed by atoms with Crippen LogP contribution in [0.3, 0.4) is 0 Å². The Kier molecular flexibility index (Phi) is 4.12. The van der Waals surface area contributed by atoms with E-state index in [1.165, 1.54) is 0 Å². The molecule has 0 amide bonds. The van der Waals surface area contributed by atoms with Crippen molar-refractivity contribution in [3.05, 3.63) is 71.5 Å². The number of nitrogens with zero attached hydrogens (tertiary/aromatic N) is 2. The molecule has 3 rings (SSSR count). The first-order chi connectivity index (χ1) is 11.0.